The van der Waals surface area contributed by atoms with Crippen LogP contribution in [0.2, 0.25) is 0 Å². The summed E-state index contributed by atoms with van der Waals surface area (Å²) in [5.41, 5.74) is 0.600. The number of benzene rings is 1. The zero-order valence-corrected chi connectivity index (χ0v) is 9.08. The van der Waals surface area contributed by atoms with Gasteiger partial charge in [0.1, 0.15) is 17.5 Å². The molecule has 0 radical (unpaired) electrons. The Bertz CT molecular complexity index is 511. The molecule has 0 amide bonds. The number of nitrogens with one attached hydrogen (secondary N) is 1. The standard InChI is InChI=1S/C12H12F2N2O/c13-8-3-4-10(14)9(6-8)11-7-15-12(16-11)2-1-5-17/h3-4,6-7,17H,1-2,5H2,(H,15,16). The van der Waals surface area contributed by atoms with E-state index in [0.29, 0.717) is 24.4 Å². The van der Waals surface area contributed by atoms with Crippen molar-refractivity contribution >= 4 is 0 Å². The van der Waals surface area contributed by atoms with Crippen LogP contribution in [0, 0.1) is 11.6 Å². The van der Waals surface area contributed by atoms with Gasteiger partial charge >= 0.3 is 0 Å². The van der Waals surface area contributed by atoms with Gasteiger partial charge in [-0.25, -0.2) is 13.8 Å². The van der Waals surface area contributed by atoms with Gasteiger partial charge < -0.3 is 10.1 Å². The van der Waals surface area contributed by atoms with Crippen LogP contribution in [0.25, 0.3) is 11.3 Å². The Morgan fingerprint density at radius 3 is 2.88 bits per heavy atom. The molecule has 5 heteroatoms. The molecule has 0 unspecified atom stereocenters. The fraction of sp³-hybridized carbons (Fsp3) is 0.250. The number of halogens is 2. The Kier molecular flexibility index (Phi) is 3.49. The van der Waals surface area contributed by atoms with Crippen LogP contribution >= 0.6 is 0 Å². The van der Waals surface area contributed by atoms with Crippen LogP contribution in [0.1, 0.15) is 12.2 Å². The molecule has 2 N–H and O–H groups in total. The largest absolute Gasteiger partial charge is 0.396 e. The van der Waals surface area contributed by atoms with Crippen molar-refractivity contribution in [3.8, 4) is 11.3 Å². The maximum absolute atomic E-state index is 13.5. The van der Waals surface area contributed by atoms with Gasteiger partial charge in [0.25, 0.3) is 0 Å². The Hall–Kier alpha value is -1.75. The third-order valence-electron chi connectivity index (χ3n) is 2.42. The summed E-state index contributed by atoms with van der Waals surface area (Å²) in [7, 11) is 0. The number of aliphatic hydroxyl groups is 1. The molecule has 0 saturated carbocycles. The summed E-state index contributed by atoms with van der Waals surface area (Å²) in [5, 5.41) is 8.68. The Labute approximate surface area is 97.1 Å². The van der Waals surface area contributed by atoms with E-state index in [4.69, 9.17) is 5.11 Å². The monoisotopic (exact) mass is 238 g/mol. The number of aliphatic hydroxyl groups excluding tert-OH is 1. The topological polar surface area (TPSA) is 48.9 Å². The maximum Gasteiger partial charge on any atom is 0.132 e. The summed E-state index contributed by atoms with van der Waals surface area (Å²) in [5.74, 6) is -0.339. The molecule has 90 valence electrons. The normalized spacial score (nSPS) is 10.8. The molecular weight excluding hydrogens is 226 g/mol. The van der Waals surface area contributed by atoms with Crippen molar-refractivity contribution in [1.29, 1.82) is 0 Å². The zero-order valence-electron chi connectivity index (χ0n) is 9.08. The van der Waals surface area contributed by atoms with E-state index in [1.807, 2.05) is 0 Å². The van der Waals surface area contributed by atoms with Crippen molar-refractivity contribution < 1.29 is 13.9 Å². The summed E-state index contributed by atoms with van der Waals surface area (Å²) in [6, 6.07) is 3.28. The second-order valence-corrected chi connectivity index (χ2v) is 3.69. The highest BCUT2D eigenvalue weighted by Gasteiger charge is 2.09. The molecule has 2 rings (SSSR count). The van der Waals surface area contributed by atoms with Gasteiger partial charge in [0.05, 0.1) is 11.9 Å². The van der Waals surface area contributed by atoms with Crippen molar-refractivity contribution in [2.75, 3.05) is 6.61 Å². The molecule has 0 aliphatic heterocycles. The predicted molar refractivity (Wildman–Crippen MR) is 59.3 cm³/mol. The lowest BCUT2D eigenvalue weighted by atomic mass is 10.1. The molecule has 0 aliphatic carbocycles. The number of aromatic nitrogens is 2. The second kappa shape index (κ2) is 5.05. The first-order valence-electron chi connectivity index (χ1n) is 5.31. The van der Waals surface area contributed by atoms with Gasteiger partial charge in [-0.15, -0.1) is 0 Å². The molecule has 0 saturated heterocycles. The predicted octanol–water partition coefficient (Wildman–Crippen LogP) is 2.28. The van der Waals surface area contributed by atoms with E-state index in [9.17, 15) is 8.78 Å². The van der Waals surface area contributed by atoms with Crippen LogP contribution < -0.4 is 0 Å². The lowest BCUT2D eigenvalue weighted by Crippen LogP contribution is -1.92. The van der Waals surface area contributed by atoms with E-state index < -0.39 is 11.6 Å². The minimum atomic E-state index is -0.497. The third-order valence-corrected chi connectivity index (χ3v) is 2.42. The molecule has 0 bridgehead atoms. The summed E-state index contributed by atoms with van der Waals surface area (Å²) < 4.78 is 26.5. The van der Waals surface area contributed by atoms with Gasteiger partial charge in [0.2, 0.25) is 0 Å². The lowest BCUT2D eigenvalue weighted by Gasteiger charge is -2.00. The first kappa shape index (κ1) is 11.7. The molecule has 1 heterocycles. The molecule has 2 aromatic rings. The van der Waals surface area contributed by atoms with Crippen molar-refractivity contribution in [3.63, 3.8) is 0 Å². The van der Waals surface area contributed by atoms with E-state index in [0.717, 1.165) is 18.2 Å². The summed E-state index contributed by atoms with van der Waals surface area (Å²) in [6.07, 6.45) is 2.62. The van der Waals surface area contributed by atoms with Gasteiger partial charge in [-0.05, 0) is 24.6 Å². The minimum Gasteiger partial charge on any atom is -0.396 e. The van der Waals surface area contributed by atoms with E-state index in [2.05, 4.69) is 9.97 Å². The summed E-state index contributed by atoms with van der Waals surface area (Å²) >= 11 is 0. The molecule has 17 heavy (non-hydrogen) atoms. The van der Waals surface area contributed by atoms with E-state index in [-0.39, 0.29) is 12.2 Å². The van der Waals surface area contributed by atoms with Crippen molar-refractivity contribution in [2.45, 2.75) is 12.8 Å². The number of rotatable bonds is 4. The van der Waals surface area contributed by atoms with Crippen LogP contribution in [0.3, 0.4) is 0 Å². The fourth-order valence-electron chi connectivity index (χ4n) is 1.58. The molecular formula is C12H12F2N2O. The third kappa shape index (κ3) is 2.68. The molecule has 3 nitrogen and oxygen atoms in total. The highest BCUT2D eigenvalue weighted by Crippen LogP contribution is 2.22. The Balaban J connectivity index is 2.27. The van der Waals surface area contributed by atoms with Crippen molar-refractivity contribution in [1.82, 2.24) is 9.97 Å². The lowest BCUT2D eigenvalue weighted by molar-refractivity contribution is 0.287. The van der Waals surface area contributed by atoms with Gasteiger partial charge in [0.15, 0.2) is 0 Å². The van der Waals surface area contributed by atoms with Gasteiger partial charge in [-0.2, -0.15) is 0 Å². The van der Waals surface area contributed by atoms with Crippen LogP contribution in [0.4, 0.5) is 8.78 Å². The van der Waals surface area contributed by atoms with Crippen LogP contribution in [0.5, 0.6) is 0 Å². The van der Waals surface area contributed by atoms with Gasteiger partial charge in [-0.3, -0.25) is 0 Å². The first-order chi connectivity index (χ1) is 8.20. The van der Waals surface area contributed by atoms with Crippen LogP contribution in [-0.4, -0.2) is 21.7 Å². The summed E-state index contributed by atoms with van der Waals surface area (Å²) in [6.45, 7) is 0.0738. The average Bonchev–Trinajstić information content (AvgIpc) is 2.78. The molecule has 1 aromatic carbocycles. The first-order valence-corrected chi connectivity index (χ1v) is 5.31. The second-order valence-electron chi connectivity index (χ2n) is 3.69. The summed E-state index contributed by atoms with van der Waals surface area (Å²) in [4.78, 5) is 6.95. The highest BCUT2D eigenvalue weighted by atomic mass is 19.1. The van der Waals surface area contributed by atoms with Crippen LogP contribution in [0.15, 0.2) is 24.4 Å². The molecule has 0 aliphatic rings. The van der Waals surface area contributed by atoms with Gasteiger partial charge in [0, 0.05) is 18.6 Å². The van der Waals surface area contributed by atoms with E-state index >= 15 is 0 Å². The highest BCUT2D eigenvalue weighted by molar-refractivity contribution is 5.59. The quantitative estimate of drug-likeness (QED) is 0.858. The SMILES string of the molecule is OCCCc1ncc(-c2cc(F)ccc2F)[nH]1. The number of aromatic amines is 1. The van der Waals surface area contributed by atoms with Gasteiger partial charge in [-0.1, -0.05) is 0 Å². The minimum absolute atomic E-state index is 0.0738. The van der Waals surface area contributed by atoms with Crippen LogP contribution in [-0.2, 0) is 6.42 Å². The van der Waals surface area contributed by atoms with E-state index in [1.54, 1.807) is 0 Å². The molecule has 0 fully saturated rings. The Morgan fingerprint density at radius 2 is 2.12 bits per heavy atom. The molecule has 0 atom stereocenters. The number of hydrogen-bond acceptors (Lipinski definition) is 2. The number of nitrogens with zero attached hydrogens (tertiary/aromatic N) is 1. The smallest absolute Gasteiger partial charge is 0.132 e. The molecule has 0 spiro atoms. The fourth-order valence-corrected chi connectivity index (χ4v) is 1.58. The number of hydrogen-bond donors (Lipinski definition) is 2. The molecule has 1 aromatic heterocycles. The zero-order chi connectivity index (χ0) is 12.3. The number of H-pyrrole nitrogens is 1. The maximum atomic E-state index is 13.5. The van der Waals surface area contributed by atoms with Crippen molar-refractivity contribution in [2.24, 2.45) is 0 Å². The van der Waals surface area contributed by atoms with Crippen molar-refractivity contribution in [3.05, 3.63) is 41.9 Å². The average molecular weight is 238 g/mol. The van der Waals surface area contributed by atoms with E-state index in [1.165, 1.54) is 6.20 Å². The number of aryl methyl sites for hydroxylation is 1. The Morgan fingerprint density at radius 1 is 1.29 bits per heavy atom. The number of imidazole rings is 1.